The van der Waals surface area contributed by atoms with Crippen LogP contribution in [0.1, 0.15) is 0 Å². The van der Waals surface area contributed by atoms with Crippen molar-refractivity contribution in [1.29, 1.82) is 0 Å². The summed E-state index contributed by atoms with van der Waals surface area (Å²) in [5, 5.41) is 15.7. The van der Waals surface area contributed by atoms with Crippen molar-refractivity contribution in [3.63, 3.8) is 0 Å². The molecule has 3 aromatic rings. The van der Waals surface area contributed by atoms with E-state index < -0.39 is 5.82 Å². The zero-order valence-electron chi connectivity index (χ0n) is 13.2. The molecule has 0 saturated heterocycles. The molecule has 0 radical (unpaired) electrons. The molecular formula is C17H15FN4OS2. The number of aromatic nitrogens is 3. The summed E-state index contributed by atoms with van der Waals surface area (Å²) in [6.07, 6.45) is 1.76. The SMILES string of the molecule is C=CCn1c(SCC(=O)Nc2cccc(F)c2)nnc1-c1ccsc1. The van der Waals surface area contributed by atoms with Crippen LogP contribution < -0.4 is 5.32 Å². The minimum absolute atomic E-state index is 0.148. The van der Waals surface area contributed by atoms with Gasteiger partial charge in [0, 0.05) is 23.2 Å². The number of thiophene rings is 1. The molecule has 0 aliphatic heterocycles. The van der Waals surface area contributed by atoms with E-state index in [0.717, 1.165) is 11.4 Å². The van der Waals surface area contributed by atoms with E-state index in [1.54, 1.807) is 29.5 Å². The fourth-order valence-electron chi connectivity index (χ4n) is 2.19. The van der Waals surface area contributed by atoms with Crippen LogP contribution in [0.2, 0.25) is 0 Å². The number of halogens is 1. The number of rotatable bonds is 7. The van der Waals surface area contributed by atoms with Crippen molar-refractivity contribution in [2.75, 3.05) is 11.1 Å². The molecule has 1 amide bonds. The third-order valence-electron chi connectivity index (χ3n) is 3.25. The molecule has 0 atom stereocenters. The highest BCUT2D eigenvalue weighted by atomic mass is 32.2. The molecule has 2 heterocycles. The van der Waals surface area contributed by atoms with Gasteiger partial charge in [-0.05, 0) is 29.6 Å². The Morgan fingerprint density at radius 1 is 1.40 bits per heavy atom. The highest BCUT2D eigenvalue weighted by molar-refractivity contribution is 7.99. The number of hydrogen-bond acceptors (Lipinski definition) is 5. The molecule has 0 fully saturated rings. The van der Waals surface area contributed by atoms with Crippen molar-refractivity contribution in [2.45, 2.75) is 11.7 Å². The van der Waals surface area contributed by atoms with Gasteiger partial charge in [-0.2, -0.15) is 11.3 Å². The number of anilines is 1. The first-order valence-electron chi connectivity index (χ1n) is 7.42. The predicted octanol–water partition coefficient (Wildman–Crippen LogP) is 4.06. The molecule has 0 bridgehead atoms. The van der Waals surface area contributed by atoms with Crippen LogP contribution in [-0.4, -0.2) is 26.4 Å². The van der Waals surface area contributed by atoms with Crippen molar-refractivity contribution in [3.05, 3.63) is 59.6 Å². The van der Waals surface area contributed by atoms with E-state index in [4.69, 9.17) is 0 Å². The molecule has 0 aliphatic carbocycles. The van der Waals surface area contributed by atoms with Gasteiger partial charge in [0.05, 0.1) is 5.75 Å². The fourth-order valence-corrected chi connectivity index (χ4v) is 3.57. The lowest BCUT2D eigenvalue weighted by atomic mass is 10.3. The van der Waals surface area contributed by atoms with Gasteiger partial charge in [-0.25, -0.2) is 4.39 Å². The monoisotopic (exact) mass is 374 g/mol. The van der Waals surface area contributed by atoms with Gasteiger partial charge in [0.2, 0.25) is 5.91 Å². The molecule has 5 nitrogen and oxygen atoms in total. The summed E-state index contributed by atoms with van der Waals surface area (Å²) >= 11 is 2.86. The van der Waals surface area contributed by atoms with Gasteiger partial charge in [0.15, 0.2) is 11.0 Å². The first-order valence-corrected chi connectivity index (χ1v) is 9.35. The Labute approximate surface area is 152 Å². The number of nitrogens with zero attached hydrogens (tertiary/aromatic N) is 3. The molecule has 8 heteroatoms. The van der Waals surface area contributed by atoms with Crippen LogP contribution in [-0.2, 0) is 11.3 Å². The van der Waals surface area contributed by atoms with E-state index in [1.165, 1.54) is 23.9 Å². The topological polar surface area (TPSA) is 59.8 Å². The highest BCUT2D eigenvalue weighted by Gasteiger charge is 2.15. The lowest BCUT2D eigenvalue weighted by Crippen LogP contribution is -2.14. The quantitative estimate of drug-likeness (QED) is 0.500. The maximum Gasteiger partial charge on any atom is 0.234 e. The summed E-state index contributed by atoms with van der Waals surface area (Å²) in [7, 11) is 0. The normalized spacial score (nSPS) is 10.6. The summed E-state index contributed by atoms with van der Waals surface area (Å²) in [5.41, 5.74) is 1.41. The van der Waals surface area contributed by atoms with Gasteiger partial charge in [-0.3, -0.25) is 9.36 Å². The van der Waals surface area contributed by atoms with Crippen molar-refractivity contribution in [3.8, 4) is 11.4 Å². The minimum Gasteiger partial charge on any atom is -0.325 e. The predicted molar refractivity (Wildman–Crippen MR) is 99.3 cm³/mol. The largest absolute Gasteiger partial charge is 0.325 e. The highest BCUT2D eigenvalue weighted by Crippen LogP contribution is 2.25. The van der Waals surface area contributed by atoms with E-state index in [1.807, 2.05) is 21.4 Å². The van der Waals surface area contributed by atoms with E-state index in [2.05, 4.69) is 22.1 Å². The lowest BCUT2D eigenvalue weighted by Gasteiger charge is -2.07. The van der Waals surface area contributed by atoms with Crippen LogP contribution in [0.5, 0.6) is 0 Å². The number of carbonyl (C=O) groups excluding carboxylic acids is 1. The van der Waals surface area contributed by atoms with E-state index >= 15 is 0 Å². The number of hydrogen-bond donors (Lipinski definition) is 1. The van der Waals surface area contributed by atoms with Crippen LogP contribution in [0.3, 0.4) is 0 Å². The molecule has 128 valence electrons. The molecule has 2 aromatic heterocycles. The maximum atomic E-state index is 13.2. The third kappa shape index (κ3) is 4.34. The van der Waals surface area contributed by atoms with Crippen LogP contribution in [0.25, 0.3) is 11.4 Å². The van der Waals surface area contributed by atoms with Crippen molar-refractivity contribution < 1.29 is 9.18 Å². The van der Waals surface area contributed by atoms with Crippen molar-refractivity contribution >= 4 is 34.7 Å². The Hall–Kier alpha value is -2.45. The standard InChI is InChI=1S/C17H15FN4OS2/c1-2-7-22-16(12-6-8-24-10-12)20-21-17(22)25-11-15(23)19-14-5-3-4-13(18)9-14/h2-6,8-10H,1,7,11H2,(H,19,23). The number of allylic oxidation sites excluding steroid dienone is 1. The van der Waals surface area contributed by atoms with Gasteiger partial charge in [-0.1, -0.05) is 23.9 Å². The van der Waals surface area contributed by atoms with Gasteiger partial charge in [0.25, 0.3) is 0 Å². The molecule has 0 spiro atoms. The third-order valence-corrected chi connectivity index (χ3v) is 4.90. The first kappa shape index (κ1) is 17.4. The second-order valence-corrected chi connectivity index (χ2v) is 6.79. The zero-order valence-corrected chi connectivity index (χ0v) is 14.8. The number of thioether (sulfide) groups is 1. The Bertz CT molecular complexity index is 877. The average Bonchev–Trinajstić information content (AvgIpc) is 3.23. The lowest BCUT2D eigenvalue weighted by molar-refractivity contribution is -0.113. The Kier molecular flexibility index (Phi) is 5.62. The van der Waals surface area contributed by atoms with Gasteiger partial charge >= 0.3 is 0 Å². The summed E-state index contributed by atoms with van der Waals surface area (Å²) in [6.45, 7) is 4.31. The number of carbonyl (C=O) groups is 1. The van der Waals surface area contributed by atoms with Gasteiger partial charge in [0.1, 0.15) is 5.82 Å². The summed E-state index contributed by atoms with van der Waals surface area (Å²) in [6, 6.07) is 7.76. The van der Waals surface area contributed by atoms with Gasteiger partial charge < -0.3 is 5.32 Å². The van der Waals surface area contributed by atoms with Crippen LogP contribution in [0, 0.1) is 5.82 Å². The molecular weight excluding hydrogens is 359 g/mol. The minimum atomic E-state index is -0.392. The van der Waals surface area contributed by atoms with E-state index in [0.29, 0.717) is 17.4 Å². The Morgan fingerprint density at radius 3 is 3.00 bits per heavy atom. The van der Waals surface area contributed by atoms with Crippen molar-refractivity contribution in [1.82, 2.24) is 14.8 Å². The molecule has 3 rings (SSSR count). The Morgan fingerprint density at radius 2 is 2.28 bits per heavy atom. The van der Waals surface area contributed by atoms with Crippen LogP contribution >= 0.6 is 23.1 Å². The molecule has 1 N–H and O–H groups in total. The second kappa shape index (κ2) is 8.09. The maximum absolute atomic E-state index is 13.2. The number of amides is 1. The molecule has 0 unspecified atom stereocenters. The second-order valence-electron chi connectivity index (χ2n) is 5.06. The Balaban J connectivity index is 1.68. The summed E-state index contributed by atoms with van der Waals surface area (Å²) in [5.74, 6) is 0.265. The average molecular weight is 374 g/mol. The molecule has 0 saturated carbocycles. The smallest absolute Gasteiger partial charge is 0.234 e. The summed E-state index contributed by atoms with van der Waals surface area (Å²) < 4.78 is 15.1. The number of benzene rings is 1. The van der Waals surface area contributed by atoms with E-state index in [9.17, 15) is 9.18 Å². The first-order chi connectivity index (χ1) is 12.2. The molecule has 25 heavy (non-hydrogen) atoms. The molecule has 1 aromatic carbocycles. The van der Waals surface area contributed by atoms with Crippen LogP contribution in [0.15, 0.2) is 58.9 Å². The zero-order chi connectivity index (χ0) is 17.6. The molecule has 0 aliphatic rings. The van der Waals surface area contributed by atoms with Gasteiger partial charge in [-0.15, -0.1) is 16.8 Å². The van der Waals surface area contributed by atoms with E-state index in [-0.39, 0.29) is 11.7 Å². The van der Waals surface area contributed by atoms with Crippen LogP contribution in [0.4, 0.5) is 10.1 Å². The van der Waals surface area contributed by atoms with Crippen molar-refractivity contribution in [2.24, 2.45) is 0 Å². The number of nitrogens with one attached hydrogen (secondary N) is 1. The summed E-state index contributed by atoms with van der Waals surface area (Å²) in [4.78, 5) is 12.1. The fraction of sp³-hybridized carbons (Fsp3) is 0.118.